The van der Waals surface area contributed by atoms with Gasteiger partial charge in [0.25, 0.3) is 5.91 Å². The van der Waals surface area contributed by atoms with Crippen molar-refractivity contribution in [3.05, 3.63) is 96.2 Å². The van der Waals surface area contributed by atoms with Gasteiger partial charge >= 0.3 is 0 Å². The van der Waals surface area contributed by atoms with Gasteiger partial charge in [-0.25, -0.2) is 10.1 Å². The van der Waals surface area contributed by atoms with Gasteiger partial charge in [0.05, 0.1) is 19.0 Å². The van der Waals surface area contributed by atoms with Crippen LogP contribution in [0.15, 0.2) is 90.2 Å². The Morgan fingerprint density at radius 2 is 1.79 bits per heavy atom. The van der Waals surface area contributed by atoms with Crippen LogP contribution in [0.5, 0.6) is 11.5 Å². The molecule has 0 radical (unpaired) electrons. The highest BCUT2D eigenvalue weighted by Crippen LogP contribution is 2.23. The molecule has 0 unspecified atom stereocenters. The molecule has 4 rings (SSSR count). The third kappa shape index (κ3) is 5.65. The molecule has 1 amide bonds. The maximum Gasteiger partial charge on any atom is 0.277 e. The lowest BCUT2D eigenvalue weighted by molar-refractivity contribution is -0.123. The molecule has 33 heavy (non-hydrogen) atoms. The fourth-order valence-electron chi connectivity index (χ4n) is 3.24. The van der Waals surface area contributed by atoms with Crippen molar-refractivity contribution < 1.29 is 14.3 Å². The smallest absolute Gasteiger partial charge is 0.277 e. The molecule has 0 spiro atoms. The molecule has 0 saturated carbocycles. The number of aromatic nitrogens is 2. The number of benzene rings is 3. The van der Waals surface area contributed by atoms with Gasteiger partial charge in [-0.05, 0) is 49.4 Å². The Balaban J connectivity index is 1.47. The monoisotopic (exact) mass is 440 g/mol. The summed E-state index contributed by atoms with van der Waals surface area (Å²) in [6.45, 7) is 1.88. The number of carbonyl (C=O) groups excluding carboxylic acids is 1. The van der Waals surface area contributed by atoms with E-state index in [4.69, 9.17) is 14.6 Å². The number of methoxy groups -OCH3 is 1. The summed E-state index contributed by atoms with van der Waals surface area (Å²) in [7, 11) is 1.59. The van der Waals surface area contributed by atoms with E-state index in [0.29, 0.717) is 5.75 Å². The molecule has 1 aromatic heterocycles. The minimum absolute atomic E-state index is 0.155. The molecule has 0 atom stereocenters. The quantitative estimate of drug-likeness (QED) is 0.326. The van der Waals surface area contributed by atoms with Crippen LogP contribution in [-0.2, 0) is 4.79 Å². The summed E-state index contributed by atoms with van der Waals surface area (Å²) in [5, 5.41) is 8.88. The number of hydrogen-bond donors (Lipinski definition) is 1. The third-order valence-electron chi connectivity index (χ3n) is 4.88. The normalized spacial score (nSPS) is 10.8. The maximum absolute atomic E-state index is 12.2. The number of nitrogens with one attached hydrogen (secondary N) is 1. The molecule has 1 N–H and O–H groups in total. The lowest BCUT2D eigenvalue weighted by Crippen LogP contribution is -2.24. The zero-order chi connectivity index (χ0) is 23.0. The Kier molecular flexibility index (Phi) is 6.80. The van der Waals surface area contributed by atoms with Gasteiger partial charge in [0.2, 0.25) is 0 Å². The number of para-hydroxylation sites is 1. The van der Waals surface area contributed by atoms with E-state index in [2.05, 4.69) is 16.6 Å². The standard InChI is InChI=1S/C26H24N4O3/c1-19-7-6-8-20(15-19)26-21(17-30(29-26)22-9-4-3-5-10-22)16-27-28-25(31)18-33-24-13-11-23(32-2)12-14-24/h3-17H,18H2,1-2H3,(H,28,31)/b27-16-. The van der Waals surface area contributed by atoms with Crippen LogP contribution < -0.4 is 14.9 Å². The number of carbonyl (C=O) groups is 1. The van der Waals surface area contributed by atoms with E-state index in [1.807, 2.05) is 61.7 Å². The van der Waals surface area contributed by atoms with E-state index in [1.165, 1.54) is 0 Å². The topological polar surface area (TPSA) is 77.7 Å². The first kappa shape index (κ1) is 21.8. The Morgan fingerprint density at radius 1 is 1.03 bits per heavy atom. The van der Waals surface area contributed by atoms with E-state index < -0.39 is 0 Å². The predicted octanol–water partition coefficient (Wildman–Crippen LogP) is 4.39. The predicted molar refractivity (Wildman–Crippen MR) is 128 cm³/mol. The van der Waals surface area contributed by atoms with Gasteiger partial charge in [-0.3, -0.25) is 4.79 Å². The summed E-state index contributed by atoms with van der Waals surface area (Å²) < 4.78 is 12.4. The van der Waals surface area contributed by atoms with E-state index in [1.54, 1.807) is 42.3 Å². The van der Waals surface area contributed by atoms with Crippen molar-refractivity contribution in [1.29, 1.82) is 0 Å². The molecule has 0 aliphatic heterocycles. The highest BCUT2D eigenvalue weighted by Gasteiger charge is 2.11. The molecular formula is C26H24N4O3. The van der Waals surface area contributed by atoms with Crippen molar-refractivity contribution >= 4 is 12.1 Å². The molecule has 0 aliphatic carbocycles. The highest BCUT2D eigenvalue weighted by atomic mass is 16.5. The molecule has 7 nitrogen and oxygen atoms in total. The van der Waals surface area contributed by atoms with Gasteiger partial charge in [0.15, 0.2) is 6.61 Å². The molecule has 166 valence electrons. The van der Waals surface area contributed by atoms with Crippen LogP contribution in [0.1, 0.15) is 11.1 Å². The number of nitrogens with zero attached hydrogens (tertiary/aromatic N) is 3. The van der Waals surface area contributed by atoms with Crippen molar-refractivity contribution in [3.63, 3.8) is 0 Å². The molecular weight excluding hydrogens is 416 g/mol. The van der Waals surface area contributed by atoms with Crippen LogP contribution in [0.3, 0.4) is 0 Å². The largest absolute Gasteiger partial charge is 0.497 e. The highest BCUT2D eigenvalue weighted by molar-refractivity contribution is 5.89. The number of amides is 1. The fourth-order valence-corrected chi connectivity index (χ4v) is 3.24. The van der Waals surface area contributed by atoms with Gasteiger partial charge in [-0.1, -0.05) is 42.0 Å². The summed E-state index contributed by atoms with van der Waals surface area (Å²) in [5.41, 5.74) is 7.10. The Morgan fingerprint density at radius 3 is 2.52 bits per heavy atom. The van der Waals surface area contributed by atoms with Gasteiger partial charge in [0.1, 0.15) is 17.2 Å². The average Bonchev–Trinajstić information content (AvgIpc) is 3.28. The van der Waals surface area contributed by atoms with Gasteiger partial charge < -0.3 is 9.47 Å². The minimum atomic E-state index is -0.366. The Hall–Kier alpha value is -4.39. The van der Waals surface area contributed by atoms with Crippen molar-refractivity contribution in [2.24, 2.45) is 5.10 Å². The van der Waals surface area contributed by atoms with Crippen LogP contribution in [0.25, 0.3) is 16.9 Å². The molecule has 3 aromatic carbocycles. The minimum Gasteiger partial charge on any atom is -0.497 e. The second-order valence-corrected chi connectivity index (χ2v) is 7.34. The molecule has 0 aliphatic rings. The van der Waals surface area contributed by atoms with Gasteiger partial charge in [-0.2, -0.15) is 10.2 Å². The summed E-state index contributed by atoms with van der Waals surface area (Å²) >= 11 is 0. The third-order valence-corrected chi connectivity index (χ3v) is 4.88. The summed E-state index contributed by atoms with van der Waals surface area (Å²) in [6.07, 6.45) is 3.48. The molecule has 0 bridgehead atoms. The molecule has 0 fully saturated rings. The van der Waals surface area contributed by atoms with Crippen LogP contribution in [-0.4, -0.2) is 35.6 Å². The first-order valence-corrected chi connectivity index (χ1v) is 10.4. The molecule has 1 heterocycles. The number of aryl methyl sites for hydroxylation is 1. The molecule has 4 aromatic rings. The summed E-state index contributed by atoms with van der Waals surface area (Å²) in [6, 6.07) is 24.9. The molecule has 0 saturated heterocycles. The van der Waals surface area contributed by atoms with E-state index in [-0.39, 0.29) is 12.5 Å². The lowest BCUT2D eigenvalue weighted by Gasteiger charge is -2.05. The second kappa shape index (κ2) is 10.3. The van der Waals surface area contributed by atoms with Crippen molar-refractivity contribution in [2.75, 3.05) is 13.7 Å². The Bertz CT molecular complexity index is 1250. The second-order valence-electron chi connectivity index (χ2n) is 7.34. The molecule has 7 heteroatoms. The van der Waals surface area contributed by atoms with Gasteiger partial charge in [-0.15, -0.1) is 0 Å². The summed E-state index contributed by atoms with van der Waals surface area (Å²) in [5.74, 6) is 0.923. The van der Waals surface area contributed by atoms with E-state index in [9.17, 15) is 4.79 Å². The number of hydrazone groups is 1. The Labute approximate surface area is 192 Å². The zero-order valence-electron chi connectivity index (χ0n) is 18.4. The first-order chi connectivity index (χ1) is 16.1. The zero-order valence-corrected chi connectivity index (χ0v) is 18.4. The van der Waals surface area contributed by atoms with Crippen LogP contribution in [0.4, 0.5) is 0 Å². The SMILES string of the molecule is COc1ccc(OCC(=O)N/N=C\c2cn(-c3ccccc3)nc2-c2cccc(C)c2)cc1. The van der Waals surface area contributed by atoms with Crippen LogP contribution >= 0.6 is 0 Å². The first-order valence-electron chi connectivity index (χ1n) is 10.4. The van der Waals surface area contributed by atoms with Crippen molar-refractivity contribution in [1.82, 2.24) is 15.2 Å². The van der Waals surface area contributed by atoms with Gasteiger partial charge in [0, 0.05) is 17.3 Å². The van der Waals surface area contributed by atoms with Crippen molar-refractivity contribution in [3.8, 4) is 28.4 Å². The van der Waals surface area contributed by atoms with E-state index in [0.717, 1.165) is 33.8 Å². The fraction of sp³-hybridized carbons (Fsp3) is 0.115. The lowest BCUT2D eigenvalue weighted by atomic mass is 10.1. The number of hydrogen-bond acceptors (Lipinski definition) is 5. The van der Waals surface area contributed by atoms with Crippen LogP contribution in [0.2, 0.25) is 0 Å². The average molecular weight is 441 g/mol. The van der Waals surface area contributed by atoms with Crippen molar-refractivity contribution in [2.45, 2.75) is 6.92 Å². The summed E-state index contributed by atoms with van der Waals surface area (Å²) in [4.78, 5) is 12.2. The van der Waals surface area contributed by atoms with E-state index >= 15 is 0 Å². The maximum atomic E-state index is 12.2. The number of ether oxygens (including phenoxy) is 2. The van der Waals surface area contributed by atoms with Crippen LogP contribution in [0, 0.1) is 6.92 Å². The number of rotatable bonds is 8.